The van der Waals surface area contributed by atoms with Gasteiger partial charge in [0.05, 0.1) is 23.2 Å². The number of nitrogens with one attached hydrogen (secondary N) is 2. The lowest BCUT2D eigenvalue weighted by molar-refractivity contribution is -0.437. The first-order chi connectivity index (χ1) is 14.5. The Morgan fingerprint density at radius 3 is 2.55 bits per heavy atom. The summed E-state index contributed by atoms with van der Waals surface area (Å²) in [4.78, 5) is 14.9. The van der Waals surface area contributed by atoms with Gasteiger partial charge in [-0.05, 0) is 55.7 Å². The molecule has 1 aromatic rings. The first kappa shape index (κ1) is 22.9. The molecule has 0 bridgehead atoms. The predicted octanol–water partition coefficient (Wildman–Crippen LogP) is 2.57. The van der Waals surface area contributed by atoms with E-state index in [-0.39, 0.29) is 35.6 Å². The van der Waals surface area contributed by atoms with Crippen LogP contribution in [-0.4, -0.2) is 22.6 Å². The quantitative estimate of drug-likeness (QED) is 0.314. The minimum atomic E-state index is -4.75. The lowest BCUT2D eigenvalue weighted by Gasteiger charge is -2.37. The van der Waals surface area contributed by atoms with E-state index in [4.69, 9.17) is 11.5 Å². The Morgan fingerprint density at radius 2 is 1.94 bits per heavy atom. The van der Waals surface area contributed by atoms with Gasteiger partial charge in [0, 0.05) is 6.04 Å². The lowest BCUT2D eigenvalue weighted by Crippen LogP contribution is -2.64. The van der Waals surface area contributed by atoms with E-state index in [1.807, 2.05) is 0 Å². The van der Waals surface area contributed by atoms with Crippen molar-refractivity contribution in [3.05, 3.63) is 57.2 Å². The number of halogens is 4. The Labute approximate surface area is 175 Å². The third kappa shape index (κ3) is 5.50. The molecule has 31 heavy (non-hydrogen) atoms. The van der Waals surface area contributed by atoms with Gasteiger partial charge in [0.25, 0.3) is 0 Å². The molecule has 1 aromatic carbocycles. The Morgan fingerprint density at radius 1 is 1.26 bits per heavy atom. The molecule has 1 aliphatic carbocycles. The van der Waals surface area contributed by atoms with Crippen LogP contribution in [0.15, 0.2) is 35.1 Å². The largest absolute Gasteiger partial charge is 0.416 e. The highest BCUT2D eigenvalue weighted by atomic mass is 19.4. The summed E-state index contributed by atoms with van der Waals surface area (Å²) in [6.07, 6.45) is -0.265. The van der Waals surface area contributed by atoms with E-state index in [0.29, 0.717) is 6.07 Å². The van der Waals surface area contributed by atoms with Crippen LogP contribution in [-0.2, 0) is 12.7 Å². The Balaban J connectivity index is 1.81. The average Bonchev–Trinajstić information content (AvgIpc) is 2.67. The Kier molecular flexibility index (Phi) is 6.51. The van der Waals surface area contributed by atoms with Gasteiger partial charge >= 0.3 is 11.9 Å². The monoisotopic (exact) mass is 444 g/mol. The van der Waals surface area contributed by atoms with Gasteiger partial charge in [0.1, 0.15) is 5.82 Å². The van der Waals surface area contributed by atoms with Crippen molar-refractivity contribution in [3.8, 4) is 0 Å². The topological polar surface area (TPSA) is 132 Å². The van der Waals surface area contributed by atoms with Crippen molar-refractivity contribution in [1.82, 2.24) is 10.6 Å². The number of nitro groups is 1. The van der Waals surface area contributed by atoms with Crippen LogP contribution in [0.2, 0.25) is 0 Å². The molecule has 3 rings (SSSR count). The smallest absolute Gasteiger partial charge is 0.329 e. The normalized spacial score (nSPS) is 27.9. The third-order valence-electron chi connectivity index (χ3n) is 5.63. The molecule has 1 atom stereocenters. The van der Waals surface area contributed by atoms with Gasteiger partial charge in [0.2, 0.25) is 0 Å². The van der Waals surface area contributed by atoms with E-state index < -0.39 is 34.7 Å². The summed E-state index contributed by atoms with van der Waals surface area (Å²) in [7, 11) is 0. The van der Waals surface area contributed by atoms with Gasteiger partial charge in [-0.25, -0.2) is 9.38 Å². The molecule has 0 radical (unpaired) electrons. The number of hydrogen-bond acceptors (Lipinski definition) is 5. The molecule has 0 amide bonds. The van der Waals surface area contributed by atoms with Crippen LogP contribution in [0.3, 0.4) is 0 Å². The van der Waals surface area contributed by atoms with Gasteiger partial charge in [0.15, 0.2) is 11.6 Å². The zero-order valence-corrected chi connectivity index (χ0v) is 16.6. The van der Waals surface area contributed by atoms with Gasteiger partial charge in [-0.1, -0.05) is 6.07 Å². The minimum Gasteiger partial charge on any atom is -0.329 e. The molecule has 0 spiro atoms. The molecule has 170 valence electrons. The summed E-state index contributed by atoms with van der Waals surface area (Å²) in [5, 5.41) is 16.8. The summed E-state index contributed by atoms with van der Waals surface area (Å²) in [5.74, 6) is -0.906. The van der Waals surface area contributed by atoms with Crippen LogP contribution in [0.25, 0.3) is 0 Å². The molecule has 12 heteroatoms. The number of alkyl halides is 3. The highest BCUT2D eigenvalue weighted by Gasteiger charge is 2.44. The Hall–Kier alpha value is -2.73. The molecule has 1 heterocycles. The highest BCUT2D eigenvalue weighted by Crippen LogP contribution is 2.34. The maximum absolute atomic E-state index is 13.3. The predicted molar refractivity (Wildman–Crippen MR) is 105 cm³/mol. The fourth-order valence-electron chi connectivity index (χ4n) is 4.00. The highest BCUT2D eigenvalue weighted by molar-refractivity contribution is 5.83. The van der Waals surface area contributed by atoms with Crippen LogP contribution in [0.5, 0.6) is 0 Å². The van der Waals surface area contributed by atoms with Crippen molar-refractivity contribution in [2.24, 2.45) is 22.4 Å². The molecule has 1 aliphatic heterocycles. The summed E-state index contributed by atoms with van der Waals surface area (Å²) in [5.41, 5.74) is 9.04. The van der Waals surface area contributed by atoms with Crippen molar-refractivity contribution >= 4 is 5.96 Å². The number of aliphatic imine (C=N–C) groups is 1. The van der Waals surface area contributed by atoms with E-state index in [1.54, 1.807) is 0 Å². The molecular formula is C19H24F4N6O2. The van der Waals surface area contributed by atoms with E-state index in [2.05, 4.69) is 15.6 Å². The lowest BCUT2D eigenvalue weighted by atomic mass is 9.80. The van der Waals surface area contributed by atoms with Gasteiger partial charge in [-0.2, -0.15) is 13.2 Å². The van der Waals surface area contributed by atoms with Crippen LogP contribution in [0, 0.1) is 21.8 Å². The summed E-state index contributed by atoms with van der Waals surface area (Å²) < 4.78 is 52.8. The molecule has 6 N–H and O–H groups in total. The molecule has 8 nitrogen and oxygen atoms in total. The summed E-state index contributed by atoms with van der Waals surface area (Å²) in [6, 6.07) is 2.43. The number of benzene rings is 1. The van der Waals surface area contributed by atoms with Crippen molar-refractivity contribution in [2.45, 2.75) is 56.5 Å². The van der Waals surface area contributed by atoms with Crippen molar-refractivity contribution in [3.63, 3.8) is 0 Å². The number of rotatable bonds is 5. The van der Waals surface area contributed by atoms with E-state index in [1.165, 1.54) is 0 Å². The summed E-state index contributed by atoms with van der Waals surface area (Å²) >= 11 is 0. The standard InChI is InChI=1S/C19H24F4N6O2/c20-13-4-3-12(15(7-13)19(21,22)23)9-26-17-27-10-16(29(30)31)18(25,28-17)8-11-1-5-14(24)6-2-11/h3-4,7,10-11,14H,1-2,5-6,8-9,24-25H2,(H2,26,27,28). The van der Waals surface area contributed by atoms with Gasteiger partial charge in [-0.3, -0.25) is 15.8 Å². The second kappa shape index (κ2) is 8.79. The maximum atomic E-state index is 13.3. The number of nitrogens with two attached hydrogens (primary N) is 2. The Bertz CT molecular complexity index is 896. The SMILES string of the molecule is NC1CCC(CC2(N)NC(=NCc3ccc(F)cc3C(F)(F)F)NC=C2[N+](=O)[O-])CC1. The number of nitrogens with zero attached hydrogens (tertiary/aromatic N) is 2. The summed E-state index contributed by atoms with van der Waals surface area (Å²) in [6.45, 7) is -0.430. The van der Waals surface area contributed by atoms with E-state index >= 15 is 0 Å². The second-order valence-corrected chi connectivity index (χ2v) is 7.98. The molecule has 1 saturated carbocycles. The van der Waals surface area contributed by atoms with Crippen LogP contribution in [0.4, 0.5) is 17.6 Å². The average molecular weight is 444 g/mol. The van der Waals surface area contributed by atoms with E-state index in [9.17, 15) is 27.7 Å². The molecule has 2 aliphatic rings. The zero-order valence-electron chi connectivity index (χ0n) is 16.6. The van der Waals surface area contributed by atoms with Gasteiger partial charge < -0.3 is 16.4 Å². The van der Waals surface area contributed by atoms with Crippen molar-refractivity contribution in [1.29, 1.82) is 0 Å². The van der Waals surface area contributed by atoms with Crippen LogP contribution < -0.4 is 22.1 Å². The molecule has 1 fully saturated rings. The molecular weight excluding hydrogens is 420 g/mol. The third-order valence-corrected chi connectivity index (χ3v) is 5.63. The minimum absolute atomic E-state index is 0.00180. The fourth-order valence-corrected chi connectivity index (χ4v) is 4.00. The van der Waals surface area contributed by atoms with Crippen LogP contribution >= 0.6 is 0 Å². The zero-order chi connectivity index (χ0) is 22.8. The first-order valence-corrected chi connectivity index (χ1v) is 9.82. The second-order valence-electron chi connectivity index (χ2n) is 7.98. The van der Waals surface area contributed by atoms with Crippen LogP contribution in [0.1, 0.15) is 43.2 Å². The van der Waals surface area contributed by atoms with E-state index in [0.717, 1.165) is 44.0 Å². The number of guanidine groups is 1. The van der Waals surface area contributed by atoms with Gasteiger partial charge in [-0.15, -0.1) is 0 Å². The number of hydrogen-bond donors (Lipinski definition) is 4. The molecule has 0 aromatic heterocycles. The first-order valence-electron chi connectivity index (χ1n) is 9.82. The fraction of sp³-hybridized carbons (Fsp3) is 0.526. The van der Waals surface area contributed by atoms with Crippen molar-refractivity contribution in [2.75, 3.05) is 0 Å². The molecule has 1 unspecified atom stereocenters. The van der Waals surface area contributed by atoms with Crippen molar-refractivity contribution < 1.29 is 22.5 Å². The molecule has 0 saturated heterocycles. The maximum Gasteiger partial charge on any atom is 0.416 e.